The summed E-state index contributed by atoms with van der Waals surface area (Å²) in [6.45, 7) is 12.5. The Morgan fingerprint density at radius 2 is 1.91 bits per heavy atom. The Morgan fingerprint density at radius 3 is 2.62 bits per heavy atom. The first-order chi connectivity index (χ1) is 16.2. The van der Waals surface area contributed by atoms with Gasteiger partial charge < -0.3 is 15.7 Å². The highest BCUT2D eigenvalue weighted by Crippen LogP contribution is 2.37. The predicted octanol–water partition coefficient (Wildman–Crippen LogP) is 5.68. The average Bonchev–Trinajstić information content (AvgIpc) is 3.50. The van der Waals surface area contributed by atoms with Crippen LogP contribution in [0.15, 0.2) is 22.2 Å². The second-order valence-corrected chi connectivity index (χ2v) is 11.5. The molecule has 0 radical (unpaired) electrons. The quantitative estimate of drug-likeness (QED) is 0.280. The van der Waals surface area contributed by atoms with Gasteiger partial charge >= 0.3 is 0 Å². The van der Waals surface area contributed by atoms with E-state index in [2.05, 4.69) is 34.3 Å². The van der Waals surface area contributed by atoms with E-state index in [9.17, 15) is 5.11 Å². The van der Waals surface area contributed by atoms with Crippen LogP contribution < -0.4 is 10.6 Å². The van der Waals surface area contributed by atoms with Gasteiger partial charge in [0.05, 0.1) is 17.0 Å². The van der Waals surface area contributed by atoms with Gasteiger partial charge in [-0.2, -0.15) is 4.98 Å². The maximum atomic E-state index is 10.3. The van der Waals surface area contributed by atoms with Gasteiger partial charge in [0.1, 0.15) is 5.82 Å². The normalized spacial score (nSPS) is 20.4. The summed E-state index contributed by atoms with van der Waals surface area (Å²) in [6.07, 6.45) is 8.52. The van der Waals surface area contributed by atoms with Gasteiger partial charge in [0, 0.05) is 40.7 Å². The molecule has 34 heavy (non-hydrogen) atoms. The molecular formula is C26H38N6OS. The van der Waals surface area contributed by atoms with Crippen molar-refractivity contribution in [2.45, 2.75) is 88.5 Å². The molecule has 2 fully saturated rings. The van der Waals surface area contributed by atoms with E-state index in [0.717, 1.165) is 77.3 Å². The number of hydrogen-bond donors (Lipinski definition) is 3. The van der Waals surface area contributed by atoms with Crippen LogP contribution in [0.25, 0.3) is 0 Å². The summed E-state index contributed by atoms with van der Waals surface area (Å²) in [5.41, 5.74) is 3.22. The third kappa shape index (κ3) is 6.69. The van der Waals surface area contributed by atoms with E-state index in [1.165, 1.54) is 12.8 Å². The molecule has 2 aromatic heterocycles. The smallest absolute Gasteiger partial charge is 0.224 e. The van der Waals surface area contributed by atoms with E-state index >= 15 is 0 Å². The van der Waals surface area contributed by atoms with Crippen LogP contribution in [0.3, 0.4) is 0 Å². The largest absolute Gasteiger partial charge is 0.390 e. The SMILES string of the molecule is C=Nc1c(SCc2c(C)nc(NCC3CC3)nc2NC2CCC(CC(C)(C)O)C2)ccnc1C. The molecule has 184 valence electrons. The van der Waals surface area contributed by atoms with Crippen molar-refractivity contribution in [2.75, 3.05) is 17.2 Å². The summed E-state index contributed by atoms with van der Waals surface area (Å²) in [6, 6.07) is 2.35. The molecule has 0 aliphatic heterocycles. The Hall–Kier alpha value is -2.19. The molecule has 0 bridgehead atoms. The minimum absolute atomic E-state index is 0.357. The summed E-state index contributed by atoms with van der Waals surface area (Å²) in [5.74, 6) is 3.66. The van der Waals surface area contributed by atoms with Crippen molar-refractivity contribution in [3.8, 4) is 0 Å². The highest BCUT2D eigenvalue weighted by atomic mass is 32.2. The summed E-state index contributed by atoms with van der Waals surface area (Å²) in [7, 11) is 0. The molecule has 3 N–H and O–H groups in total. The topological polar surface area (TPSA) is 95.3 Å². The van der Waals surface area contributed by atoms with Gasteiger partial charge in [0.15, 0.2) is 0 Å². The molecule has 2 heterocycles. The molecular weight excluding hydrogens is 444 g/mol. The number of anilines is 2. The molecule has 0 aromatic carbocycles. The maximum absolute atomic E-state index is 10.3. The van der Waals surface area contributed by atoms with Crippen LogP contribution in [0.2, 0.25) is 0 Å². The molecule has 0 spiro atoms. The van der Waals surface area contributed by atoms with Crippen LogP contribution in [-0.4, -0.2) is 45.0 Å². The molecule has 4 rings (SSSR count). The van der Waals surface area contributed by atoms with Crippen molar-refractivity contribution in [1.82, 2.24) is 15.0 Å². The molecule has 2 aliphatic carbocycles. The predicted molar refractivity (Wildman–Crippen MR) is 141 cm³/mol. The Bertz CT molecular complexity index is 1020. The Balaban J connectivity index is 1.52. The number of rotatable bonds is 11. The fourth-order valence-electron chi connectivity index (χ4n) is 4.81. The first-order valence-electron chi connectivity index (χ1n) is 12.4. The molecule has 2 aromatic rings. The highest BCUT2D eigenvalue weighted by molar-refractivity contribution is 7.98. The standard InChI is InChI=1S/C26H38N6OS/c1-16-21(15-34-22-10-11-28-17(2)23(22)27-5)24(32-25(30-16)29-14-18-6-7-18)31-20-9-8-19(12-20)13-26(3,4)33/h10-11,18-20,33H,5-9,12-15H2,1-4H3,(H2,29,30,31,32). The van der Waals surface area contributed by atoms with Gasteiger partial charge in [-0.25, -0.2) is 4.98 Å². The highest BCUT2D eigenvalue weighted by Gasteiger charge is 2.30. The lowest BCUT2D eigenvalue weighted by molar-refractivity contribution is 0.0534. The van der Waals surface area contributed by atoms with Gasteiger partial charge in [-0.1, -0.05) is 0 Å². The van der Waals surface area contributed by atoms with Crippen molar-refractivity contribution in [3.05, 3.63) is 29.2 Å². The van der Waals surface area contributed by atoms with Crippen LogP contribution in [0.5, 0.6) is 0 Å². The van der Waals surface area contributed by atoms with E-state index in [0.29, 0.717) is 17.9 Å². The van der Waals surface area contributed by atoms with Crippen LogP contribution in [0.4, 0.5) is 17.5 Å². The molecule has 8 heteroatoms. The van der Waals surface area contributed by atoms with Gasteiger partial charge in [0.2, 0.25) is 5.95 Å². The van der Waals surface area contributed by atoms with E-state index in [-0.39, 0.29) is 0 Å². The minimum atomic E-state index is -0.619. The van der Waals surface area contributed by atoms with Crippen molar-refractivity contribution in [3.63, 3.8) is 0 Å². The number of nitrogens with one attached hydrogen (secondary N) is 2. The van der Waals surface area contributed by atoms with Crippen molar-refractivity contribution in [1.29, 1.82) is 0 Å². The summed E-state index contributed by atoms with van der Waals surface area (Å²) in [5, 5.41) is 17.4. The minimum Gasteiger partial charge on any atom is -0.390 e. The zero-order valence-corrected chi connectivity index (χ0v) is 21.7. The van der Waals surface area contributed by atoms with E-state index in [1.807, 2.05) is 33.0 Å². The van der Waals surface area contributed by atoms with Crippen LogP contribution in [0.1, 0.15) is 69.3 Å². The van der Waals surface area contributed by atoms with E-state index in [1.54, 1.807) is 11.8 Å². The first-order valence-corrected chi connectivity index (χ1v) is 13.4. The molecule has 0 saturated heterocycles. The van der Waals surface area contributed by atoms with Crippen LogP contribution in [-0.2, 0) is 5.75 Å². The van der Waals surface area contributed by atoms with Gasteiger partial charge in [-0.15, -0.1) is 11.8 Å². The Labute approximate surface area is 207 Å². The molecule has 7 nitrogen and oxygen atoms in total. The third-order valence-corrected chi connectivity index (χ3v) is 7.80. The van der Waals surface area contributed by atoms with Crippen molar-refractivity contribution < 1.29 is 5.11 Å². The fourth-order valence-corrected chi connectivity index (χ4v) is 5.96. The third-order valence-electron chi connectivity index (χ3n) is 6.73. The Kier molecular flexibility index (Phi) is 7.77. The van der Waals surface area contributed by atoms with E-state index in [4.69, 9.17) is 9.97 Å². The number of aliphatic hydroxyl groups is 1. The zero-order valence-electron chi connectivity index (χ0n) is 20.9. The number of pyridine rings is 1. The molecule has 0 amide bonds. The van der Waals surface area contributed by atoms with E-state index < -0.39 is 5.60 Å². The molecule has 2 saturated carbocycles. The second-order valence-electron chi connectivity index (χ2n) is 10.5. The molecule has 2 aliphatic rings. The van der Waals surface area contributed by atoms with Crippen LogP contribution >= 0.6 is 11.8 Å². The van der Waals surface area contributed by atoms with Crippen LogP contribution in [0, 0.1) is 25.7 Å². The van der Waals surface area contributed by atoms with Gasteiger partial charge in [-0.3, -0.25) is 9.98 Å². The van der Waals surface area contributed by atoms with Crippen molar-refractivity contribution >= 4 is 35.9 Å². The Morgan fingerprint density at radius 1 is 1.15 bits per heavy atom. The molecule has 2 unspecified atom stereocenters. The average molecular weight is 483 g/mol. The second kappa shape index (κ2) is 10.6. The number of aromatic nitrogens is 3. The molecule has 2 atom stereocenters. The summed E-state index contributed by atoms with van der Waals surface area (Å²) >= 11 is 1.72. The summed E-state index contributed by atoms with van der Waals surface area (Å²) < 4.78 is 0. The zero-order chi connectivity index (χ0) is 24.3. The number of hydrogen-bond acceptors (Lipinski definition) is 8. The number of aliphatic imine (C=N–C) groups is 1. The lowest BCUT2D eigenvalue weighted by Crippen LogP contribution is -2.24. The van der Waals surface area contributed by atoms with Gasteiger partial charge in [0.25, 0.3) is 0 Å². The van der Waals surface area contributed by atoms with Gasteiger partial charge in [-0.05, 0) is 90.8 Å². The van der Waals surface area contributed by atoms with Crippen molar-refractivity contribution in [2.24, 2.45) is 16.8 Å². The number of thioether (sulfide) groups is 1. The number of aryl methyl sites for hydroxylation is 2. The number of nitrogens with zero attached hydrogens (tertiary/aromatic N) is 4. The maximum Gasteiger partial charge on any atom is 0.224 e. The monoisotopic (exact) mass is 482 g/mol. The fraction of sp³-hybridized carbons (Fsp3) is 0.615. The lowest BCUT2D eigenvalue weighted by atomic mass is 9.92. The lowest BCUT2D eigenvalue weighted by Gasteiger charge is -2.22. The summed E-state index contributed by atoms with van der Waals surface area (Å²) in [4.78, 5) is 19.3. The first kappa shape index (κ1) is 24.9.